The van der Waals surface area contributed by atoms with Gasteiger partial charge in [0.05, 0.1) is 11.7 Å². The predicted molar refractivity (Wildman–Crippen MR) is 103 cm³/mol. The Morgan fingerprint density at radius 1 is 1.15 bits per heavy atom. The molecule has 2 atom stereocenters. The minimum atomic E-state index is -0.250. The van der Waals surface area contributed by atoms with E-state index in [4.69, 9.17) is 5.73 Å². The molecule has 4 N–H and O–H groups in total. The normalized spacial score (nSPS) is 19.7. The zero-order valence-corrected chi connectivity index (χ0v) is 15.4. The van der Waals surface area contributed by atoms with Crippen LogP contribution < -0.4 is 21.3 Å². The molecule has 0 aliphatic carbocycles. The van der Waals surface area contributed by atoms with E-state index in [1.807, 2.05) is 48.2 Å². The summed E-state index contributed by atoms with van der Waals surface area (Å²) in [6.07, 6.45) is 0. The summed E-state index contributed by atoms with van der Waals surface area (Å²) in [5, 5.41) is 14.1. The van der Waals surface area contributed by atoms with E-state index in [9.17, 15) is 4.79 Å². The van der Waals surface area contributed by atoms with Crippen LogP contribution in [0.25, 0.3) is 0 Å². The van der Waals surface area contributed by atoms with Gasteiger partial charge in [-0.3, -0.25) is 0 Å². The van der Waals surface area contributed by atoms with Gasteiger partial charge >= 0.3 is 6.03 Å². The molecule has 0 spiro atoms. The first-order chi connectivity index (χ1) is 12.4. The molecule has 1 aromatic heterocycles. The molecular formula is C19H26N6O. The number of benzene rings is 1. The van der Waals surface area contributed by atoms with Crippen molar-refractivity contribution in [2.75, 3.05) is 23.3 Å². The summed E-state index contributed by atoms with van der Waals surface area (Å²) >= 11 is 0. The highest BCUT2D eigenvalue weighted by Crippen LogP contribution is 2.18. The van der Waals surface area contributed by atoms with E-state index < -0.39 is 0 Å². The molecular weight excluding hydrogens is 328 g/mol. The van der Waals surface area contributed by atoms with E-state index in [0.29, 0.717) is 19.0 Å². The van der Waals surface area contributed by atoms with Crippen molar-refractivity contribution >= 4 is 17.5 Å². The highest BCUT2D eigenvalue weighted by molar-refractivity contribution is 5.89. The van der Waals surface area contributed by atoms with E-state index in [2.05, 4.69) is 34.7 Å². The number of aromatic nitrogens is 2. The van der Waals surface area contributed by atoms with Crippen LogP contribution in [0.5, 0.6) is 0 Å². The highest BCUT2D eigenvalue weighted by atomic mass is 16.2. The molecule has 26 heavy (non-hydrogen) atoms. The Morgan fingerprint density at radius 3 is 2.50 bits per heavy atom. The van der Waals surface area contributed by atoms with E-state index >= 15 is 0 Å². The molecule has 0 saturated carbocycles. The molecule has 3 rings (SSSR count). The number of nitrogens with zero attached hydrogens (tertiary/aromatic N) is 3. The Bertz CT molecular complexity index is 744. The monoisotopic (exact) mass is 354 g/mol. The summed E-state index contributed by atoms with van der Waals surface area (Å²) in [7, 11) is 0. The molecule has 138 valence electrons. The first-order valence-electron chi connectivity index (χ1n) is 8.90. The van der Waals surface area contributed by atoms with Crippen LogP contribution in [0.4, 0.5) is 16.3 Å². The van der Waals surface area contributed by atoms with Crippen LogP contribution in [0, 0.1) is 6.92 Å². The maximum Gasteiger partial charge on any atom is 0.319 e. The fourth-order valence-corrected chi connectivity index (χ4v) is 3.02. The number of anilines is 2. The third-order valence-corrected chi connectivity index (χ3v) is 4.62. The summed E-state index contributed by atoms with van der Waals surface area (Å²) in [5.41, 5.74) is 9.07. The second-order valence-electron chi connectivity index (χ2n) is 7.08. The second-order valence-corrected chi connectivity index (χ2v) is 7.08. The van der Waals surface area contributed by atoms with Crippen LogP contribution in [0.15, 0.2) is 36.4 Å². The maximum atomic E-state index is 12.3. The lowest BCUT2D eigenvalue weighted by atomic mass is 10.0. The molecule has 2 heterocycles. The molecule has 1 aliphatic heterocycles. The fourth-order valence-electron chi connectivity index (χ4n) is 3.02. The van der Waals surface area contributed by atoms with Gasteiger partial charge in [0, 0.05) is 24.8 Å². The number of hydrogen-bond donors (Lipinski definition) is 3. The number of nitrogens with one attached hydrogen (secondary N) is 2. The van der Waals surface area contributed by atoms with Gasteiger partial charge in [0.25, 0.3) is 0 Å². The van der Waals surface area contributed by atoms with E-state index in [1.165, 1.54) is 5.56 Å². The lowest BCUT2D eigenvalue weighted by Crippen LogP contribution is -2.48. The Kier molecular flexibility index (Phi) is 5.37. The average Bonchev–Trinajstić information content (AvgIpc) is 2.96. The highest BCUT2D eigenvalue weighted by Gasteiger charge is 2.32. The smallest absolute Gasteiger partial charge is 0.319 e. The van der Waals surface area contributed by atoms with Crippen LogP contribution in [-0.4, -0.2) is 41.4 Å². The van der Waals surface area contributed by atoms with Crippen molar-refractivity contribution in [2.45, 2.75) is 38.8 Å². The van der Waals surface area contributed by atoms with Gasteiger partial charge in [0.1, 0.15) is 0 Å². The predicted octanol–water partition coefficient (Wildman–Crippen LogP) is 2.25. The number of hydrogen-bond acceptors (Lipinski definition) is 5. The third kappa shape index (κ3) is 4.29. The van der Waals surface area contributed by atoms with Crippen LogP contribution in [-0.2, 0) is 0 Å². The van der Waals surface area contributed by atoms with Crippen molar-refractivity contribution in [1.82, 2.24) is 15.5 Å². The molecule has 7 nitrogen and oxygen atoms in total. The summed E-state index contributed by atoms with van der Waals surface area (Å²) in [6, 6.07) is 11.2. The lowest BCUT2D eigenvalue weighted by molar-refractivity contribution is 0.248. The SMILES string of the molecule is Cc1ccc(N2C[C@H](NC(=O)Nc3ccc(C(C)C)cc3)[C@@H](N)C2)nn1. The number of aryl methyl sites for hydroxylation is 1. The van der Waals surface area contributed by atoms with Crippen LogP contribution in [0.3, 0.4) is 0 Å². The minimum Gasteiger partial charge on any atom is -0.351 e. The van der Waals surface area contributed by atoms with Crippen molar-refractivity contribution < 1.29 is 4.79 Å². The first kappa shape index (κ1) is 18.1. The number of rotatable bonds is 4. The fraction of sp³-hybridized carbons (Fsp3) is 0.421. The first-order valence-corrected chi connectivity index (χ1v) is 8.90. The molecule has 1 aliphatic rings. The summed E-state index contributed by atoms with van der Waals surface area (Å²) in [6.45, 7) is 7.42. The Labute approximate surface area is 154 Å². The van der Waals surface area contributed by atoms with Gasteiger partial charge in [-0.1, -0.05) is 26.0 Å². The van der Waals surface area contributed by atoms with Crippen molar-refractivity contribution in [2.24, 2.45) is 5.73 Å². The molecule has 1 saturated heterocycles. The van der Waals surface area contributed by atoms with Gasteiger partial charge in [-0.15, -0.1) is 5.10 Å². The molecule has 0 radical (unpaired) electrons. The summed E-state index contributed by atoms with van der Waals surface area (Å²) in [4.78, 5) is 14.3. The van der Waals surface area contributed by atoms with E-state index in [0.717, 1.165) is 17.2 Å². The lowest BCUT2D eigenvalue weighted by Gasteiger charge is -2.18. The Morgan fingerprint density at radius 2 is 1.88 bits per heavy atom. The molecule has 0 bridgehead atoms. The number of urea groups is 1. The molecule has 1 fully saturated rings. The van der Waals surface area contributed by atoms with Gasteiger partial charge in [-0.25, -0.2) is 4.79 Å². The Hall–Kier alpha value is -2.67. The third-order valence-electron chi connectivity index (χ3n) is 4.62. The molecule has 1 aromatic carbocycles. The van der Waals surface area contributed by atoms with Crippen molar-refractivity contribution in [3.8, 4) is 0 Å². The maximum absolute atomic E-state index is 12.3. The van der Waals surface area contributed by atoms with Crippen LogP contribution >= 0.6 is 0 Å². The molecule has 7 heteroatoms. The van der Waals surface area contributed by atoms with Gasteiger partial charge in [-0.05, 0) is 42.7 Å². The zero-order chi connectivity index (χ0) is 18.7. The standard InChI is InChI=1S/C19H26N6O/c1-12(2)14-5-7-15(8-6-14)21-19(26)22-17-11-25(10-16(17)20)18-9-4-13(3)23-24-18/h4-9,12,16-17H,10-11,20H2,1-3H3,(H2,21,22,26)/t16-,17-/m0/s1. The molecule has 2 aromatic rings. The summed E-state index contributed by atoms with van der Waals surface area (Å²) in [5.74, 6) is 1.24. The molecule has 0 unspecified atom stereocenters. The topological polar surface area (TPSA) is 96.2 Å². The van der Waals surface area contributed by atoms with Gasteiger partial charge in [0.15, 0.2) is 5.82 Å². The minimum absolute atomic E-state index is 0.145. The Balaban J connectivity index is 1.56. The van der Waals surface area contributed by atoms with Gasteiger partial charge in [0.2, 0.25) is 0 Å². The quantitative estimate of drug-likeness (QED) is 0.782. The van der Waals surface area contributed by atoms with E-state index in [1.54, 1.807) is 0 Å². The van der Waals surface area contributed by atoms with Gasteiger partial charge < -0.3 is 21.3 Å². The largest absolute Gasteiger partial charge is 0.351 e. The van der Waals surface area contributed by atoms with Crippen LogP contribution in [0.2, 0.25) is 0 Å². The summed E-state index contributed by atoms with van der Waals surface area (Å²) < 4.78 is 0. The number of nitrogens with two attached hydrogens (primary N) is 1. The number of carbonyl (C=O) groups is 1. The van der Waals surface area contributed by atoms with E-state index in [-0.39, 0.29) is 18.1 Å². The molecule has 2 amide bonds. The van der Waals surface area contributed by atoms with Crippen molar-refractivity contribution in [3.63, 3.8) is 0 Å². The van der Waals surface area contributed by atoms with Crippen LogP contribution in [0.1, 0.15) is 31.0 Å². The zero-order valence-electron chi connectivity index (χ0n) is 15.4. The average molecular weight is 354 g/mol. The number of amides is 2. The van der Waals surface area contributed by atoms with Gasteiger partial charge in [-0.2, -0.15) is 5.10 Å². The second kappa shape index (κ2) is 7.70. The van der Waals surface area contributed by atoms with Crippen molar-refractivity contribution in [3.05, 3.63) is 47.7 Å². The van der Waals surface area contributed by atoms with Crippen molar-refractivity contribution in [1.29, 1.82) is 0 Å². The number of carbonyl (C=O) groups excluding carboxylic acids is 1.